The van der Waals surface area contributed by atoms with E-state index in [9.17, 15) is 9.18 Å². The predicted octanol–water partition coefficient (Wildman–Crippen LogP) is 6.42. The number of nitrogens with one attached hydrogen (secondary N) is 2. The highest BCUT2D eigenvalue weighted by Crippen LogP contribution is 2.28. The van der Waals surface area contributed by atoms with E-state index >= 15 is 0 Å². The summed E-state index contributed by atoms with van der Waals surface area (Å²) < 4.78 is 13.0. The lowest BCUT2D eigenvalue weighted by Gasteiger charge is -2.06. The highest BCUT2D eigenvalue weighted by atomic mass is 32.2. The van der Waals surface area contributed by atoms with Crippen LogP contribution in [-0.2, 0) is 4.79 Å². The Bertz CT molecular complexity index is 1110. The number of carbonyl (C=O) groups excluding carboxylic acids is 1. The summed E-state index contributed by atoms with van der Waals surface area (Å²) in [7, 11) is 0. The first-order valence-electron chi connectivity index (χ1n) is 9.22. The molecule has 0 aliphatic heterocycles. The summed E-state index contributed by atoms with van der Waals surface area (Å²) in [6.07, 6.45) is 0. The lowest BCUT2D eigenvalue weighted by molar-refractivity contribution is -0.113. The molecular weight excluding hydrogens is 417 g/mol. The fourth-order valence-corrected chi connectivity index (χ4v) is 4.17. The van der Waals surface area contributed by atoms with Crippen LogP contribution in [0.4, 0.5) is 20.9 Å². The number of thioether (sulfide) groups is 1. The molecule has 4 nitrogen and oxygen atoms in total. The lowest BCUT2D eigenvalue weighted by Crippen LogP contribution is -2.13. The van der Waals surface area contributed by atoms with Crippen LogP contribution in [0, 0.1) is 5.82 Å². The normalized spacial score (nSPS) is 10.6. The lowest BCUT2D eigenvalue weighted by atomic mass is 10.1. The second kappa shape index (κ2) is 9.56. The van der Waals surface area contributed by atoms with Gasteiger partial charge in [0.2, 0.25) is 5.91 Å². The van der Waals surface area contributed by atoms with Gasteiger partial charge in [0.05, 0.1) is 11.4 Å². The summed E-state index contributed by atoms with van der Waals surface area (Å²) in [6.45, 7) is 0. The molecule has 1 heterocycles. The van der Waals surface area contributed by atoms with Crippen molar-refractivity contribution in [1.82, 2.24) is 4.98 Å². The number of hydrogen-bond acceptors (Lipinski definition) is 5. The van der Waals surface area contributed by atoms with Crippen molar-refractivity contribution in [1.29, 1.82) is 0 Å². The Morgan fingerprint density at radius 3 is 2.37 bits per heavy atom. The van der Waals surface area contributed by atoms with Gasteiger partial charge in [-0.25, -0.2) is 9.37 Å². The van der Waals surface area contributed by atoms with E-state index in [1.165, 1.54) is 35.2 Å². The monoisotopic (exact) mass is 435 g/mol. The molecule has 3 aromatic carbocycles. The molecule has 0 atom stereocenters. The average Bonchev–Trinajstić information content (AvgIpc) is 3.24. The van der Waals surface area contributed by atoms with E-state index in [-0.39, 0.29) is 11.7 Å². The summed E-state index contributed by atoms with van der Waals surface area (Å²) in [6, 6.07) is 23.6. The minimum absolute atomic E-state index is 0.0453. The maximum absolute atomic E-state index is 13.0. The van der Waals surface area contributed by atoms with Gasteiger partial charge in [-0.15, -0.1) is 23.1 Å². The van der Waals surface area contributed by atoms with Gasteiger partial charge in [-0.2, -0.15) is 0 Å². The van der Waals surface area contributed by atoms with Crippen LogP contribution in [0.5, 0.6) is 0 Å². The van der Waals surface area contributed by atoms with Gasteiger partial charge in [0.15, 0.2) is 5.13 Å². The molecule has 0 aliphatic rings. The van der Waals surface area contributed by atoms with Gasteiger partial charge in [-0.05, 0) is 48.5 Å². The van der Waals surface area contributed by atoms with Crippen LogP contribution in [0.15, 0.2) is 89.1 Å². The first-order chi connectivity index (χ1) is 14.7. The minimum atomic E-state index is -0.272. The maximum atomic E-state index is 13.0. The zero-order valence-corrected chi connectivity index (χ0v) is 17.5. The van der Waals surface area contributed by atoms with Gasteiger partial charge in [-0.1, -0.05) is 30.3 Å². The van der Waals surface area contributed by atoms with E-state index in [1.54, 1.807) is 12.1 Å². The van der Waals surface area contributed by atoms with E-state index in [1.807, 2.05) is 60.0 Å². The van der Waals surface area contributed by atoms with Crippen LogP contribution in [0.1, 0.15) is 0 Å². The van der Waals surface area contributed by atoms with Crippen molar-refractivity contribution >= 4 is 45.5 Å². The number of benzene rings is 3. The van der Waals surface area contributed by atoms with Crippen LogP contribution >= 0.6 is 23.1 Å². The van der Waals surface area contributed by atoms with Crippen LogP contribution in [0.3, 0.4) is 0 Å². The molecule has 7 heteroatoms. The average molecular weight is 436 g/mol. The molecule has 0 aliphatic carbocycles. The SMILES string of the molecule is O=C(CSc1ccccc1)Nc1ccc(-c2csc(Nc3ccc(F)cc3)n2)cc1. The van der Waals surface area contributed by atoms with Crippen LogP contribution in [-0.4, -0.2) is 16.6 Å². The van der Waals surface area contributed by atoms with Crippen molar-refractivity contribution < 1.29 is 9.18 Å². The van der Waals surface area contributed by atoms with Crippen molar-refractivity contribution in [3.8, 4) is 11.3 Å². The number of aromatic nitrogens is 1. The summed E-state index contributed by atoms with van der Waals surface area (Å²) in [5.74, 6) is 0.0401. The summed E-state index contributed by atoms with van der Waals surface area (Å²) in [5, 5.41) is 8.76. The minimum Gasteiger partial charge on any atom is -0.332 e. The van der Waals surface area contributed by atoms with Crippen molar-refractivity contribution in [3.05, 3.63) is 90.1 Å². The Hall–Kier alpha value is -3.16. The van der Waals surface area contributed by atoms with Crippen LogP contribution in [0.25, 0.3) is 11.3 Å². The molecule has 1 aromatic heterocycles. The highest BCUT2D eigenvalue weighted by Gasteiger charge is 2.07. The third kappa shape index (κ3) is 5.46. The number of anilines is 3. The predicted molar refractivity (Wildman–Crippen MR) is 123 cm³/mol. The van der Waals surface area contributed by atoms with Gasteiger partial charge in [0.1, 0.15) is 5.82 Å². The molecule has 0 saturated carbocycles. The van der Waals surface area contributed by atoms with Gasteiger partial charge < -0.3 is 10.6 Å². The molecule has 1 amide bonds. The topological polar surface area (TPSA) is 54.0 Å². The summed E-state index contributed by atoms with van der Waals surface area (Å²) in [5.41, 5.74) is 3.32. The van der Waals surface area contributed by atoms with E-state index in [2.05, 4.69) is 15.6 Å². The third-order valence-electron chi connectivity index (χ3n) is 4.18. The zero-order valence-electron chi connectivity index (χ0n) is 15.8. The second-order valence-electron chi connectivity index (χ2n) is 6.40. The third-order valence-corrected chi connectivity index (χ3v) is 5.95. The first kappa shape index (κ1) is 20.1. The molecule has 0 radical (unpaired) electrons. The number of halogens is 1. The number of thiazole rings is 1. The summed E-state index contributed by atoms with van der Waals surface area (Å²) >= 11 is 2.98. The number of carbonyl (C=O) groups is 1. The second-order valence-corrected chi connectivity index (χ2v) is 8.30. The van der Waals surface area contributed by atoms with Crippen molar-refractivity contribution in [2.75, 3.05) is 16.4 Å². The van der Waals surface area contributed by atoms with Gasteiger partial charge in [0.25, 0.3) is 0 Å². The van der Waals surface area contributed by atoms with E-state index in [0.29, 0.717) is 5.75 Å². The quantitative estimate of drug-likeness (QED) is 0.329. The molecule has 150 valence electrons. The van der Waals surface area contributed by atoms with Crippen LogP contribution in [0.2, 0.25) is 0 Å². The number of rotatable bonds is 7. The number of amides is 1. The molecule has 30 heavy (non-hydrogen) atoms. The standard InChI is InChI=1S/C23H18FN3OS2/c24-17-8-12-19(13-9-17)26-23-27-21(14-30-23)16-6-10-18(11-7-16)25-22(28)15-29-20-4-2-1-3-5-20/h1-14H,15H2,(H,25,28)(H,26,27). The Morgan fingerprint density at radius 1 is 0.933 bits per heavy atom. The first-order valence-corrected chi connectivity index (χ1v) is 11.1. The van der Waals surface area contributed by atoms with Crippen molar-refractivity contribution in [2.45, 2.75) is 4.90 Å². The van der Waals surface area contributed by atoms with Crippen LogP contribution < -0.4 is 10.6 Å². The van der Waals surface area contributed by atoms with E-state index in [4.69, 9.17) is 0 Å². The molecule has 0 unspecified atom stereocenters. The fourth-order valence-electron chi connectivity index (χ4n) is 2.71. The number of nitrogens with zero attached hydrogens (tertiary/aromatic N) is 1. The van der Waals surface area contributed by atoms with Crippen molar-refractivity contribution in [2.24, 2.45) is 0 Å². The Morgan fingerprint density at radius 2 is 1.63 bits per heavy atom. The maximum Gasteiger partial charge on any atom is 0.234 e. The largest absolute Gasteiger partial charge is 0.332 e. The molecule has 4 rings (SSSR count). The molecule has 0 bridgehead atoms. The summed E-state index contributed by atoms with van der Waals surface area (Å²) in [4.78, 5) is 17.8. The molecule has 0 saturated heterocycles. The van der Waals surface area contributed by atoms with E-state index in [0.717, 1.165) is 32.7 Å². The smallest absolute Gasteiger partial charge is 0.234 e. The molecule has 4 aromatic rings. The Labute approximate surface area is 182 Å². The van der Waals surface area contributed by atoms with Gasteiger partial charge >= 0.3 is 0 Å². The fraction of sp³-hybridized carbons (Fsp3) is 0.0435. The molecule has 2 N–H and O–H groups in total. The zero-order chi connectivity index (χ0) is 20.8. The van der Waals surface area contributed by atoms with Gasteiger partial charge in [-0.3, -0.25) is 4.79 Å². The number of hydrogen-bond donors (Lipinski definition) is 2. The Balaban J connectivity index is 1.33. The van der Waals surface area contributed by atoms with E-state index < -0.39 is 0 Å². The van der Waals surface area contributed by atoms with Gasteiger partial charge in [0, 0.05) is 27.2 Å². The van der Waals surface area contributed by atoms with Crippen molar-refractivity contribution in [3.63, 3.8) is 0 Å². The molecule has 0 fully saturated rings. The molecular formula is C23H18FN3OS2. The Kier molecular flexibility index (Phi) is 6.41. The molecule has 0 spiro atoms. The highest BCUT2D eigenvalue weighted by molar-refractivity contribution is 8.00.